The summed E-state index contributed by atoms with van der Waals surface area (Å²) in [5, 5.41) is 3.75. The number of ether oxygens (including phenoxy) is 1. The first-order chi connectivity index (χ1) is 10.6. The number of halogens is 3. The van der Waals surface area contributed by atoms with Gasteiger partial charge in [-0.25, -0.2) is 0 Å². The number of amides is 1. The summed E-state index contributed by atoms with van der Waals surface area (Å²) in [7, 11) is 0. The second-order valence-corrected chi connectivity index (χ2v) is 5.78. The molecule has 0 aromatic heterocycles. The molecule has 1 amide bonds. The second-order valence-electron chi connectivity index (χ2n) is 4.56. The Labute approximate surface area is 144 Å². The fourth-order valence-electron chi connectivity index (χ4n) is 1.77. The van der Waals surface area contributed by atoms with Gasteiger partial charge in [-0.1, -0.05) is 53.0 Å². The molecule has 0 fully saturated rings. The highest BCUT2D eigenvalue weighted by atomic mass is 35.5. The number of carbonyl (C=O) groups excluding carboxylic acids is 1. The van der Waals surface area contributed by atoms with Crippen LogP contribution in [0.5, 0.6) is 5.75 Å². The lowest BCUT2D eigenvalue weighted by Gasteiger charge is -2.09. The number of rotatable bonds is 6. The van der Waals surface area contributed by atoms with Crippen LogP contribution in [0, 0.1) is 0 Å². The van der Waals surface area contributed by atoms with Crippen molar-refractivity contribution in [1.82, 2.24) is 0 Å². The van der Waals surface area contributed by atoms with E-state index in [1.165, 1.54) is 12.1 Å². The molecule has 2 aromatic rings. The van der Waals surface area contributed by atoms with Gasteiger partial charge >= 0.3 is 0 Å². The van der Waals surface area contributed by atoms with Crippen molar-refractivity contribution < 1.29 is 9.53 Å². The molecule has 2 aromatic carbocycles. The molecule has 0 heterocycles. The van der Waals surface area contributed by atoms with Gasteiger partial charge in [0.15, 0.2) is 0 Å². The van der Waals surface area contributed by atoms with Crippen LogP contribution in [-0.2, 0) is 4.79 Å². The van der Waals surface area contributed by atoms with Gasteiger partial charge in [0.25, 0.3) is 0 Å². The lowest BCUT2D eigenvalue weighted by atomic mass is 10.2. The minimum atomic E-state index is -0.156. The third-order valence-corrected chi connectivity index (χ3v) is 3.88. The lowest BCUT2D eigenvalue weighted by Crippen LogP contribution is -2.13. The average Bonchev–Trinajstić information content (AvgIpc) is 2.50. The zero-order chi connectivity index (χ0) is 15.9. The maximum absolute atomic E-state index is 11.9. The average molecular weight is 359 g/mol. The van der Waals surface area contributed by atoms with Crippen molar-refractivity contribution in [3.63, 3.8) is 0 Å². The van der Waals surface area contributed by atoms with Crippen molar-refractivity contribution in [3.05, 3.63) is 57.5 Å². The standard InChI is InChI=1S/C16H14Cl3NO2/c17-12-9-14(19)15(10-13(12)18)20-16(21)7-4-8-22-11-5-2-1-3-6-11/h1-3,5-6,9-10H,4,7-8H2,(H,20,21). The molecule has 0 saturated heterocycles. The van der Waals surface area contributed by atoms with Crippen LogP contribution in [0.1, 0.15) is 12.8 Å². The highest BCUT2D eigenvalue weighted by molar-refractivity contribution is 6.44. The number of para-hydroxylation sites is 1. The van der Waals surface area contributed by atoms with Gasteiger partial charge in [0.1, 0.15) is 5.75 Å². The van der Waals surface area contributed by atoms with Gasteiger partial charge in [0, 0.05) is 6.42 Å². The Morgan fingerprint density at radius 2 is 1.68 bits per heavy atom. The summed E-state index contributed by atoms with van der Waals surface area (Å²) < 4.78 is 5.52. The number of anilines is 1. The molecule has 0 radical (unpaired) electrons. The summed E-state index contributed by atoms with van der Waals surface area (Å²) in [6, 6.07) is 12.5. The van der Waals surface area contributed by atoms with Crippen LogP contribution in [-0.4, -0.2) is 12.5 Å². The third-order valence-electron chi connectivity index (χ3n) is 2.84. The maximum Gasteiger partial charge on any atom is 0.224 e. The van der Waals surface area contributed by atoms with Crippen molar-refractivity contribution in [2.75, 3.05) is 11.9 Å². The monoisotopic (exact) mass is 357 g/mol. The Balaban J connectivity index is 1.77. The summed E-state index contributed by atoms with van der Waals surface area (Å²) in [5.41, 5.74) is 0.449. The number of hydrogen-bond acceptors (Lipinski definition) is 2. The first-order valence-corrected chi connectivity index (χ1v) is 7.82. The zero-order valence-electron chi connectivity index (χ0n) is 11.6. The van der Waals surface area contributed by atoms with Gasteiger partial charge < -0.3 is 10.1 Å². The Morgan fingerprint density at radius 1 is 1.00 bits per heavy atom. The van der Waals surface area contributed by atoms with E-state index in [0.29, 0.717) is 40.2 Å². The Bertz CT molecular complexity index is 647. The van der Waals surface area contributed by atoms with E-state index in [1.807, 2.05) is 30.3 Å². The van der Waals surface area contributed by atoms with Gasteiger partial charge in [-0.3, -0.25) is 4.79 Å². The van der Waals surface area contributed by atoms with Crippen LogP contribution < -0.4 is 10.1 Å². The number of carbonyl (C=O) groups is 1. The summed E-state index contributed by atoms with van der Waals surface area (Å²) >= 11 is 17.7. The van der Waals surface area contributed by atoms with Crippen molar-refractivity contribution in [3.8, 4) is 5.75 Å². The van der Waals surface area contributed by atoms with Crippen LogP contribution in [0.2, 0.25) is 15.1 Å². The summed E-state index contributed by atoms with van der Waals surface area (Å²) in [6.45, 7) is 0.465. The van der Waals surface area contributed by atoms with Gasteiger partial charge in [-0.2, -0.15) is 0 Å². The minimum Gasteiger partial charge on any atom is -0.494 e. The van der Waals surface area contributed by atoms with Crippen LogP contribution >= 0.6 is 34.8 Å². The summed E-state index contributed by atoms with van der Waals surface area (Å²) in [5.74, 6) is 0.632. The van der Waals surface area contributed by atoms with Gasteiger partial charge in [0.2, 0.25) is 5.91 Å². The second kappa shape index (κ2) is 8.28. The number of hydrogen-bond donors (Lipinski definition) is 1. The fourth-order valence-corrected chi connectivity index (χ4v) is 2.36. The summed E-state index contributed by atoms with van der Waals surface area (Å²) in [4.78, 5) is 11.9. The largest absolute Gasteiger partial charge is 0.494 e. The van der Waals surface area contributed by atoms with Crippen LogP contribution in [0.3, 0.4) is 0 Å². The van der Waals surface area contributed by atoms with Gasteiger partial charge in [-0.05, 0) is 30.7 Å². The van der Waals surface area contributed by atoms with E-state index in [4.69, 9.17) is 39.5 Å². The van der Waals surface area contributed by atoms with E-state index in [0.717, 1.165) is 5.75 Å². The molecule has 3 nitrogen and oxygen atoms in total. The first-order valence-electron chi connectivity index (χ1n) is 6.68. The van der Waals surface area contributed by atoms with E-state index >= 15 is 0 Å². The molecule has 116 valence electrons. The third kappa shape index (κ3) is 5.09. The molecular formula is C16H14Cl3NO2. The molecule has 0 bridgehead atoms. The molecule has 0 atom stereocenters. The highest BCUT2D eigenvalue weighted by Gasteiger charge is 2.09. The van der Waals surface area contributed by atoms with Crippen molar-refractivity contribution in [2.45, 2.75) is 12.8 Å². The first kappa shape index (κ1) is 16.9. The quantitative estimate of drug-likeness (QED) is 0.551. The van der Waals surface area contributed by atoms with E-state index in [1.54, 1.807) is 0 Å². The molecule has 6 heteroatoms. The van der Waals surface area contributed by atoms with E-state index in [9.17, 15) is 4.79 Å². The molecule has 22 heavy (non-hydrogen) atoms. The zero-order valence-corrected chi connectivity index (χ0v) is 13.9. The Kier molecular flexibility index (Phi) is 6.37. The van der Waals surface area contributed by atoms with Gasteiger partial charge in [-0.15, -0.1) is 0 Å². The fraction of sp³-hybridized carbons (Fsp3) is 0.188. The molecule has 0 spiro atoms. The topological polar surface area (TPSA) is 38.3 Å². The molecule has 0 unspecified atom stereocenters. The highest BCUT2D eigenvalue weighted by Crippen LogP contribution is 2.32. The van der Waals surface area contributed by atoms with Gasteiger partial charge in [0.05, 0.1) is 27.4 Å². The van der Waals surface area contributed by atoms with Crippen LogP contribution in [0.15, 0.2) is 42.5 Å². The number of benzene rings is 2. The van der Waals surface area contributed by atoms with Crippen LogP contribution in [0.4, 0.5) is 5.69 Å². The van der Waals surface area contributed by atoms with Crippen molar-refractivity contribution in [1.29, 1.82) is 0 Å². The van der Waals surface area contributed by atoms with E-state index < -0.39 is 0 Å². The number of nitrogens with one attached hydrogen (secondary N) is 1. The molecule has 1 N–H and O–H groups in total. The lowest BCUT2D eigenvalue weighted by molar-refractivity contribution is -0.116. The molecular weight excluding hydrogens is 345 g/mol. The van der Waals surface area contributed by atoms with Crippen molar-refractivity contribution >= 4 is 46.4 Å². The smallest absolute Gasteiger partial charge is 0.224 e. The molecule has 0 aliphatic carbocycles. The maximum atomic E-state index is 11.9. The molecule has 0 aliphatic rings. The predicted molar refractivity (Wildman–Crippen MR) is 91.3 cm³/mol. The van der Waals surface area contributed by atoms with E-state index in [2.05, 4.69) is 5.32 Å². The normalized spacial score (nSPS) is 10.3. The van der Waals surface area contributed by atoms with Crippen molar-refractivity contribution in [2.24, 2.45) is 0 Å². The Morgan fingerprint density at radius 3 is 2.41 bits per heavy atom. The molecule has 2 rings (SSSR count). The summed E-state index contributed by atoms with van der Waals surface area (Å²) in [6.07, 6.45) is 0.920. The predicted octanol–water partition coefficient (Wildman–Crippen LogP) is 5.44. The Hall–Kier alpha value is -1.42. The SMILES string of the molecule is O=C(CCCOc1ccccc1)Nc1cc(Cl)c(Cl)cc1Cl. The molecule has 0 aliphatic heterocycles. The van der Waals surface area contributed by atoms with E-state index in [-0.39, 0.29) is 5.91 Å². The molecule has 0 saturated carbocycles. The van der Waals surface area contributed by atoms with Crippen LogP contribution in [0.25, 0.3) is 0 Å². The minimum absolute atomic E-state index is 0.156.